The smallest absolute Gasteiger partial charge is 0.221 e. The van der Waals surface area contributed by atoms with Crippen molar-refractivity contribution in [3.05, 3.63) is 29.0 Å². The highest BCUT2D eigenvalue weighted by atomic mass is 35.5. The number of imidazole rings is 1. The number of aryl methyl sites for hydroxylation is 1. The van der Waals surface area contributed by atoms with Crippen LogP contribution in [0.3, 0.4) is 0 Å². The number of nitrogens with one attached hydrogen (secondary N) is 1. The van der Waals surface area contributed by atoms with Crippen LogP contribution in [-0.4, -0.2) is 46.0 Å². The molecule has 1 aromatic carbocycles. The minimum absolute atomic E-state index is 0. The third kappa shape index (κ3) is 4.88. The number of fused-ring (bicyclic) bond motifs is 1. The van der Waals surface area contributed by atoms with Crippen LogP contribution in [0.25, 0.3) is 11.0 Å². The molecule has 0 aliphatic carbocycles. The Bertz CT molecular complexity index is 749. The van der Waals surface area contributed by atoms with Crippen molar-refractivity contribution in [2.75, 3.05) is 19.6 Å². The first kappa shape index (κ1) is 21.0. The number of nitrogens with two attached hydrogens (primary N) is 1. The van der Waals surface area contributed by atoms with E-state index in [1.165, 1.54) is 12.8 Å². The van der Waals surface area contributed by atoms with Gasteiger partial charge in [-0.15, -0.1) is 12.4 Å². The van der Waals surface area contributed by atoms with Gasteiger partial charge in [-0.2, -0.15) is 0 Å². The molecule has 1 aliphatic heterocycles. The van der Waals surface area contributed by atoms with Crippen LogP contribution in [-0.2, 0) is 18.4 Å². The van der Waals surface area contributed by atoms with Gasteiger partial charge in [-0.3, -0.25) is 9.69 Å². The summed E-state index contributed by atoms with van der Waals surface area (Å²) < 4.78 is 2.13. The number of amides is 1. The predicted molar refractivity (Wildman–Crippen MR) is 108 cm³/mol. The summed E-state index contributed by atoms with van der Waals surface area (Å²) in [5.74, 6) is 1.06. The number of aromatic nitrogens is 2. The maximum absolute atomic E-state index is 11.7. The van der Waals surface area contributed by atoms with Gasteiger partial charge in [0.15, 0.2) is 0 Å². The molecule has 0 saturated carbocycles. The maximum Gasteiger partial charge on any atom is 0.221 e. The van der Waals surface area contributed by atoms with Gasteiger partial charge in [-0.25, -0.2) is 4.98 Å². The molecule has 2 aromatic rings. The Morgan fingerprint density at radius 3 is 3.00 bits per heavy atom. The summed E-state index contributed by atoms with van der Waals surface area (Å²) in [5, 5.41) is 3.72. The molecule has 1 unspecified atom stereocenters. The maximum atomic E-state index is 11.7. The second-order valence-electron chi connectivity index (χ2n) is 6.68. The van der Waals surface area contributed by atoms with Crippen LogP contribution in [0.4, 0.5) is 0 Å². The first-order valence-corrected chi connectivity index (χ1v) is 9.28. The average molecular weight is 400 g/mol. The Kier molecular flexibility index (Phi) is 7.70. The second kappa shape index (κ2) is 9.55. The van der Waals surface area contributed by atoms with Gasteiger partial charge in [0.2, 0.25) is 5.91 Å². The molecule has 0 bridgehead atoms. The Morgan fingerprint density at radius 2 is 2.23 bits per heavy atom. The van der Waals surface area contributed by atoms with Gasteiger partial charge in [0, 0.05) is 37.6 Å². The molecular formula is C18H27Cl2N5O. The van der Waals surface area contributed by atoms with Crippen LogP contribution in [0.1, 0.15) is 31.5 Å². The quantitative estimate of drug-likeness (QED) is 0.781. The number of piperidine rings is 1. The Labute approximate surface area is 165 Å². The molecule has 8 heteroatoms. The zero-order valence-corrected chi connectivity index (χ0v) is 16.7. The zero-order valence-electron chi connectivity index (χ0n) is 15.1. The van der Waals surface area contributed by atoms with E-state index in [9.17, 15) is 4.79 Å². The van der Waals surface area contributed by atoms with Crippen molar-refractivity contribution in [3.63, 3.8) is 0 Å². The van der Waals surface area contributed by atoms with Crippen LogP contribution < -0.4 is 11.1 Å². The molecule has 0 radical (unpaired) electrons. The lowest BCUT2D eigenvalue weighted by molar-refractivity contribution is -0.121. The summed E-state index contributed by atoms with van der Waals surface area (Å²) in [7, 11) is 2.04. The Morgan fingerprint density at radius 1 is 1.42 bits per heavy atom. The molecule has 1 fully saturated rings. The molecule has 1 atom stereocenters. The van der Waals surface area contributed by atoms with Gasteiger partial charge < -0.3 is 15.6 Å². The molecule has 1 saturated heterocycles. The minimum atomic E-state index is 0. The van der Waals surface area contributed by atoms with Gasteiger partial charge in [0.25, 0.3) is 0 Å². The molecule has 3 rings (SSSR count). The Balaban J connectivity index is 0.00000243. The van der Waals surface area contributed by atoms with Gasteiger partial charge in [0.1, 0.15) is 5.82 Å². The van der Waals surface area contributed by atoms with Crippen molar-refractivity contribution < 1.29 is 4.79 Å². The molecule has 1 aromatic heterocycles. The summed E-state index contributed by atoms with van der Waals surface area (Å²) in [6.07, 6.45) is 3.87. The number of hydrogen-bond donors (Lipinski definition) is 2. The molecule has 6 nitrogen and oxygen atoms in total. The van der Waals surface area contributed by atoms with Crippen LogP contribution in [0.15, 0.2) is 18.2 Å². The van der Waals surface area contributed by atoms with E-state index in [2.05, 4.69) is 14.8 Å². The number of benzene rings is 1. The van der Waals surface area contributed by atoms with E-state index in [0.29, 0.717) is 30.6 Å². The van der Waals surface area contributed by atoms with Crippen LogP contribution in [0, 0.1) is 0 Å². The van der Waals surface area contributed by atoms with Crippen molar-refractivity contribution >= 4 is 40.9 Å². The summed E-state index contributed by atoms with van der Waals surface area (Å²) in [5.41, 5.74) is 7.45. The number of carbonyl (C=O) groups is 1. The fourth-order valence-electron chi connectivity index (χ4n) is 3.50. The van der Waals surface area contributed by atoms with E-state index in [4.69, 9.17) is 22.3 Å². The summed E-state index contributed by atoms with van der Waals surface area (Å²) in [4.78, 5) is 18.9. The predicted octanol–water partition coefficient (Wildman–Crippen LogP) is 2.47. The van der Waals surface area contributed by atoms with E-state index in [1.54, 1.807) is 0 Å². The lowest BCUT2D eigenvalue weighted by Gasteiger charge is -2.35. The SMILES string of the molecule is Cl.Cn1c(CN2CCCCC2CNC(=O)CCN)nc2cc(Cl)ccc21. The van der Waals surface area contributed by atoms with E-state index in [0.717, 1.165) is 36.4 Å². The van der Waals surface area contributed by atoms with Gasteiger partial charge in [0.05, 0.1) is 17.6 Å². The molecule has 26 heavy (non-hydrogen) atoms. The van der Waals surface area contributed by atoms with E-state index in [-0.39, 0.29) is 18.3 Å². The first-order chi connectivity index (χ1) is 12.1. The number of likely N-dealkylation sites (tertiary alicyclic amines) is 1. The number of hydrogen-bond acceptors (Lipinski definition) is 4. The van der Waals surface area contributed by atoms with Crippen LogP contribution >= 0.6 is 24.0 Å². The van der Waals surface area contributed by atoms with Crippen molar-refractivity contribution in [1.82, 2.24) is 19.8 Å². The zero-order chi connectivity index (χ0) is 17.8. The molecule has 3 N–H and O–H groups in total. The summed E-state index contributed by atoms with van der Waals surface area (Å²) in [6, 6.07) is 6.15. The highest BCUT2D eigenvalue weighted by Crippen LogP contribution is 2.23. The molecule has 144 valence electrons. The second-order valence-corrected chi connectivity index (χ2v) is 7.12. The van der Waals surface area contributed by atoms with Crippen LogP contribution in [0.5, 0.6) is 0 Å². The number of carbonyl (C=O) groups excluding carboxylic acids is 1. The van der Waals surface area contributed by atoms with E-state index in [1.807, 2.05) is 25.2 Å². The molecule has 1 amide bonds. The van der Waals surface area contributed by atoms with Crippen molar-refractivity contribution in [2.45, 2.75) is 38.3 Å². The van der Waals surface area contributed by atoms with E-state index < -0.39 is 0 Å². The normalized spacial score (nSPS) is 17.9. The largest absolute Gasteiger partial charge is 0.354 e. The number of nitrogens with zero attached hydrogens (tertiary/aromatic N) is 3. The monoisotopic (exact) mass is 399 g/mol. The lowest BCUT2D eigenvalue weighted by atomic mass is 10.0. The third-order valence-electron chi connectivity index (χ3n) is 4.94. The fourth-order valence-corrected chi connectivity index (χ4v) is 3.66. The fraction of sp³-hybridized carbons (Fsp3) is 0.556. The van der Waals surface area contributed by atoms with Crippen LogP contribution in [0.2, 0.25) is 5.02 Å². The highest BCUT2D eigenvalue weighted by molar-refractivity contribution is 6.31. The van der Waals surface area contributed by atoms with Crippen molar-refractivity contribution in [3.8, 4) is 0 Å². The van der Waals surface area contributed by atoms with Gasteiger partial charge >= 0.3 is 0 Å². The number of halogens is 2. The summed E-state index contributed by atoms with van der Waals surface area (Å²) in [6.45, 7) is 2.87. The average Bonchev–Trinajstić information content (AvgIpc) is 2.89. The first-order valence-electron chi connectivity index (χ1n) is 8.90. The molecule has 0 spiro atoms. The summed E-state index contributed by atoms with van der Waals surface area (Å²) >= 11 is 6.08. The topological polar surface area (TPSA) is 76.2 Å². The minimum Gasteiger partial charge on any atom is -0.354 e. The van der Waals surface area contributed by atoms with E-state index >= 15 is 0 Å². The van der Waals surface area contributed by atoms with Crippen molar-refractivity contribution in [1.29, 1.82) is 0 Å². The highest BCUT2D eigenvalue weighted by Gasteiger charge is 2.24. The van der Waals surface area contributed by atoms with Gasteiger partial charge in [-0.05, 0) is 37.6 Å². The standard InChI is InChI=1S/C18H26ClN5O.ClH/c1-23-16-6-5-13(19)10-15(16)22-17(23)12-24-9-3-2-4-14(24)11-21-18(25)7-8-20;/h5-6,10,14H,2-4,7-9,11-12,20H2,1H3,(H,21,25);1H. The lowest BCUT2D eigenvalue weighted by Crippen LogP contribution is -2.46. The molecule has 1 aliphatic rings. The van der Waals surface area contributed by atoms with Gasteiger partial charge in [-0.1, -0.05) is 18.0 Å². The number of rotatable bonds is 6. The molecule has 2 heterocycles. The third-order valence-corrected chi connectivity index (χ3v) is 5.17. The van der Waals surface area contributed by atoms with Crippen molar-refractivity contribution in [2.24, 2.45) is 12.8 Å². The molecular weight excluding hydrogens is 373 g/mol. The Hall–Kier alpha value is -1.34.